The molecule has 0 aromatic heterocycles. The standard InChI is InChI=1S/C13H19N3O3S/c1-16(2)20(18,19)11-6-3-5-10(9-11)15-13(17)12-7-4-8-14-12/h3,5-6,9,12,14H,4,7-8H2,1-2H3,(H,15,17)/t12-/m1/s1. The van der Waals surface area contributed by atoms with Gasteiger partial charge in [-0.05, 0) is 37.6 Å². The Morgan fingerprint density at radius 2 is 2.15 bits per heavy atom. The number of carbonyl (C=O) groups is 1. The zero-order chi connectivity index (χ0) is 14.8. The molecule has 0 unspecified atom stereocenters. The Morgan fingerprint density at radius 1 is 1.40 bits per heavy atom. The van der Waals surface area contributed by atoms with Crippen molar-refractivity contribution in [1.82, 2.24) is 9.62 Å². The van der Waals surface area contributed by atoms with E-state index in [4.69, 9.17) is 0 Å². The molecule has 1 atom stereocenters. The molecular weight excluding hydrogens is 278 g/mol. The zero-order valence-electron chi connectivity index (χ0n) is 11.6. The van der Waals surface area contributed by atoms with Crippen molar-refractivity contribution in [2.24, 2.45) is 0 Å². The Balaban J connectivity index is 2.16. The van der Waals surface area contributed by atoms with Gasteiger partial charge in [-0.1, -0.05) is 6.07 Å². The Kier molecular flexibility index (Phi) is 4.42. The second-order valence-electron chi connectivity index (χ2n) is 4.95. The van der Waals surface area contributed by atoms with Crippen molar-refractivity contribution in [3.05, 3.63) is 24.3 Å². The third-order valence-corrected chi connectivity index (χ3v) is 5.07. The lowest BCUT2D eigenvalue weighted by molar-refractivity contribution is -0.117. The minimum atomic E-state index is -3.49. The van der Waals surface area contributed by atoms with Gasteiger partial charge in [-0.3, -0.25) is 4.79 Å². The lowest BCUT2D eigenvalue weighted by Crippen LogP contribution is -2.35. The average Bonchev–Trinajstić information content (AvgIpc) is 2.92. The maximum Gasteiger partial charge on any atom is 0.242 e. The Labute approximate surface area is 119 Å². The summed E-state index contributed by atoms with van der Waals surface area (Å²) in [6.07, 6.45) is 1.79. The van der Waals surface area contributed by atoms with Gasteiger partial charge in [0.05, 0.1) is 10.9 Å². The molecule has 1 amide bonds. The van der Waals surface area contributed by atoms with E-state index in [9.17, 15) is 13.2 Å². The molecule has 7 heteroatoms. The molecule has 1 saturated heterocycles. The SMILES string of the molecule is CN(C)S(=O)(=O)c1cccc(NC(=O)[C@H]2CCCN2)c1. The van der Waals surface area contributed by atoms with Gasteiger partial charge in [0, 0.05) is 19.8 Å². The number of anilines is 1. The summed E-state index contributed by atoms with van der Waals surface area (Å²) < 4.78 is 25.2. The lowest BCUT2D eigenvalue weighted by Gasteiger charge is -2.14. The Bertz CT molecular complexity index is 593. The first-order valence-electron chi connectivity index (χ1n) is 6.48. The molecule has 1 aliphatic heterocycles. The summed E-state index contributed by atoms with van der Waals surface area (Å²) in [4.78, 5) is 12.1. The van der Waals surface area contributed by atoms with Crippen molar-refractivity contribution in [3.8, 4) is 0 Å². The van der Waals surface area contributed by atoms with E-state index in [0.717, 1.165) is 23.7 Å². The first kappa shape index (κ1) is 15.0. The first-order valence-corrected chi connectivity index (χ1v) is 7.92. The van der Waals surface area contributed by atoms with Crippen LogP contribution in [-0.2, 0) is 14.8 Å². The van der Waals surface area contributed by atoms with Crippen LogP contribution < -0.4 is 10.6 Å². The van der Waals surface area contributed by atoms with Crippen molar-refractivity contribution < 1.29 is 13.2 Å². The van der Waals surface area contributed by atoms with Crippen molar-refractivity contribution in [1.29, 1.82) is 0 Å². The number of nitrogens with one attached hydrogen (secondary N) is 2. The van der Waals surface area contributed by atoms with Crippen LogP contribution in [0.15, 0.2) is 29.2 Å². The molecule has 1 aromatic rings. The van der Waals surface area contributed by atoms with Gasteiger partial charge in [0.25, 0.3) is 0 Å². The number of hydrogen-bond donors (Lipinski definition) is 2. The molecule has 1 aromatic carbocycles. The molecular formula is C13H19N3O3S. The predicted molar refractivity (Wildman–Crippen MR) is 77.0 cm³/mol. The smallest absolute Gasteiger partial charge is 0.242 e. The van der Waals surface area contributed by atoms with E-state index < -0.39 is 10.0 Å². The molecule has 20 heavy (non-hydrogen) atoms. The van der Waals surface area contributed by atoms with Crippen LogP contribution in [0.5, 0.6) is 0 Å². The second kappa shape index (κ2) is 5.90. The Morgan fingerprint density at radius 3 is 2.75 bits per heavy atom. The van der Waals surface area contributed by atoms with Gasteiger partial charge in [-0.2, -0.15) is 0 Å². The molecule has 0 bridgehead atoms. The maximum absolute atomic E-state index is 12.0. The summed E-state index contributed by atoms with van der Waals surface area (Å²) in [5.74, 6) is -0.123. The van der Waals surface area contributed by atoms with Crippen LogP contribution in [0.3, 0.4) is 0 Å². The van der Waals surface area contributed by atoms with Crippen LogP contribution >= 0.6 is 0 Å². The summed E-state index contributed by atoms with van der Waals surface area (Å²) in [7, 11) is -0.537. The van der Waals surface area contributed by atoms with Crippen molar-refractivity contribution in [3.63, 3.8) is 0 Å². The molecule has 110 valence electrons. The summed E-state index contributed by atoms with van der Waals surface area (Å²) in [5, 5.41) is 5.85. The van der Waals surface area contributed by atoms with E-state index >= 15 is 0 Å². The highest BCUT2D eigenvalue weighted by Gasteiger charge is 2.22. The number of amides is 1. The summed E-state index contributed by atoms with van der Waals surface area (Å²) >= 11 is 0. The maximum atomic E-state index is 12.0. The second-order valence-corrected chi connectivity index (χ2v) is 7.11. The molecule has 0 saturated carbocycles. The van der Waals surface area contributed by atoms with E-state index in [1.807, 2.05) is 0 Å². The van der Waals surface area contributed by atoms with Gasteiger partial charge < -0.3 is 10.6 Å². The highest BCUT2D eigenvalue weighted by molar-refractivity contribution is 7.89. The van der Waals surface area contributed by atoms with E-state index in [-0.39, 0.29) is 16.8 Å². The van der Waals surface area contributed by atoms with Gasteiger partial charge in [-0.15, -0.1) is 0 Å². The molecule has 0 aliphatic carbocycles. The molecule has 1 fully saturated rings. The predicted octanol–water partition coefficient (Wildman–Crippen LogP) is 0.627. The Hall–Kier alpha value is -1.44. The monoisotopic (exact) mass is 297 g/mol. The number of sulfonamides is 1. The van der Waals surface area contributed by atoms with Gasteiger partial charge >= 0.3 is 0 Å². The van der Waals surface area contributed by atoms with E-state index in [2.05, 4.69) is 10.6 Å². The summed E-state index contributed by atoms with van der Waals surface area (Å²) in [5.41, 5.74) is 0.492. The van der Waals surface area contributed by atoms with E-state index in [1.165, 1.54) is 26.2 Å². The number of carbonyl (C=O) groups excluding carboxylic acids is 1. The van der Waals surface area contributed by atoms with Crippen molar-refractivity contribution in [2.75, 3.05) is 26.0 Å². The molecule has 2 N–H and O–H groups in total. The molecule has 0 spiro atoms. The normalized spacial score (nSPS) is 19.2. The van der Waals surface area contributed by atoms with Crippen LogP contribution in [0, 0.1) is 0 Å². The number of benzene rings is 1. The van der Waals surface area contributed by atoms with Gasteiger partial charge in [0.1, 0.15) is 0 Å². The number of hydrogen-bond acceptors (Lipinski definition) is 4. The largest absolute Gasteiger partial charge is 0.325 e. The van der Waals surface area contributed by atoms with Gasteiger partial charge in [0.2, 0.25) is 15.9 Å². The topological polar surface area (TPSA) is 78.5 Å². The first-order chi connectivity index (χ1) is 9.41. The van der Waals surface area contributed by atoms with Crippen molar-refractivity contribution in [2.45, 2.75) is 23.8 Å². The van der Waals surface area contributed by atoms with E-state index in [0.29, 0.717) is 5.69 Å². The highest BCUT2D eigenvalue weighted by atomic mass is 32.2. The third-order valence-electron chi connectivity index (χ3n) is 3.26. The lowest BCUT2D eigenvalue weighted by atomic mass is 10.2. The molecule has 6 nitrogen and oxygen atoms in total. The van der Waals surface area contributed by atoms with Crippen LogP contribution in [0.1, 0.15) is 12.8 Å². The van der Waals surface area contributed by atoms with Crippen LogP contribution in [0.4, 0.5) is 5.69 Å². The fourth-order valence-electron chi connectivity index (χ4n) is 2.08. The van der Waals surface area contributed by atoms with Crippen LogP contribution in [0.2, 0.25) is 0 Å². The van der Waals surface area contributed by atoms with E-state index in [1.54, 1.807) is 12.1 Å². The quantitative estimate of drug-likeness (QED) is 0.854. The summed E-state index contributed by atoms with van der Waals surface area (Å²) in [6.45, 7) is 0.840. The number of rotatable bonds is 4. The fourth-order valence-corrected chi connectivity index (χ4v) is 3.03. The number of nitrogens with zero attached hydrogens (tertiary/aromatic N) is 1. The highest BCUT2D eigenvalue weighted by Crippen LogP contribution is 2.18. The summed E-state index contributed by atoms with van der Waals surface area (Å²) in [6, 6.07) is 6.10. The molecule has 2 rings (SSSR count). The zero-order valence-corrected chi connectivity index (χ0v) is 12.4. The molecule has 1 heterocycles. The van der Waals surface area contributed by atoms with Crippen LogP contribution in [-0.4, -0.2) is 45.3 Å². The van der Waals surface area contributed by atoms with Crippen molar-refractivity contribution >= 4 is 21.6 Å². The minimum absolute atomic E-state index is 0.123. The minimum Gasteiger partial charge on any atom is -0.325 e. The van der Waals surface area contributed by atoms with Gasteiger partial charge in [0.15, 0.2) is 0 Å². The average molecular weight is 297 g/mol. The van der Waals surface area contributed by atoms with Crippen LogP contribution in [0.25, 0.3) is 0 Å². The molecule has 1 aliphatic rings. The van der Waals surface area contributed by atoms with Gasteiger partial charge in [-0.25, -0.2) is 12.7 Å². The fraction of sp³-hybridized carbons (Fsp3) is 0.462. The third kappa shape index (κ3) is 3.17. The molecule has 0 radical (unpaired) electrons.